The first kappa shape index (κ1) is 43.4. The molecule has 266 valence electrons. The molecule has 0 spiro atoms. The fraction of sp³-hybridized carbons (Fsp3) is 0.923. The molecule has 0 rings (SSSR count). The maximum Gasteiger partial charge on any atom is 0.326 e. The maximum absolute atomic E-state index is 14.3. The average Bonchev–Trinajstić information content (AvgIpc) is 3.01. The first-order valence-corrected chi connectivity index (χ1v) is 19.6. The van der Waals surface area contributed by atoms with Crippen LogP contribution in [-0.4, -0.2) is 44.5 Å². The third-order valence-corrected chi connectivity index (χ3v) is 9.74. The summed E-state index contributed by atoms with van der Waals surface area (Å²) in [5.41, 5.74) is -0.525. The highest BCUT2D eigenvalue weighted by Crippen LogP contribution is 2.38. The second-order valence-corrected chi connectivity index (χ2v) is 13.8. The van der Waals surface area contributed by atoms with Crippen molar-refractivity contribution in [1.29, 1.82) is 0 Å². The Hall–Kier alpha value is -1.59. The quantitative estimate of drug-likeness (QED) is 0.0684. The molecule has 0 aliphatic rings. The Morgan fingerprint density at radius 3 is 1.18 bits per heavy atom. The van der Waals surface area contributed by atoms with E-state index in [0.717, 1.165) is 103 Å². The van der Waals surface area contributed by atoms with Gasteiger partial charge in [-0.15, -0.1) is 0 Å². The van der Waals surface area contributed by atoms with Crippen LogP contribution in [0.25, 0.3) is 0 Å². The Labute approximate surface area is 278 Å². The lowest BCUT2D eigenvalue weighted by atomic mass is 9.78. The number of hydrogen-bond acceptors (Lipinski definition) is 3. The number of unbranched alkanes of at least 4 members (excludes halogenated alkanes) is 20. The highest BCUT2D eigenvalue weighted by Gasteiger charge is 2.44. The van der Waals surface area contributed by atoms with Gasteiger partial charge in [-0.2, -0.15) is 0 Å². The fourth-order valence-corrected chi connectivity index (χ4v) is 7.01. The lowest BCUT2D eigenvalue weighted by molar-refractivity contribution is -0.159. The second kappa shape index (κ2) is 29.8. The summed E-state index contributed by atoms with van der Waals surface area (Å²) in [5, 5.41) is 20.0. The number of rotatable bonds is 34. The maximum atomic E-state index is 14.3. The lowest BCUT2D eigenvalue weighted by Gasteiger charge is -2.48. The van der Waals surface area contributed by atoms with Crippen LogP contribution >= 0.6 is 0 Å². The first-order valence-electron chi connectivity index (χ1n) is 19.6. The third kappa shape index (κ3) is 21.8. The van der Waals surface area contributed by atoms with Crippen LogP contribution in [0.1, 0.15) is 220 Å². The Morgan fingerprint density at radius 1 is 0.489 bits per heavy atom. The Morgan fingerprint density at radius 2 is 0.822 bits per heavy atom. The van der Waals surface area contributed by atoms with Gasteiger partial charge in [0.25, 0.3) is 0 Å². The number of carboxylic acid groups (broad SMARTS) is 2. The van der Waals surface area contributed by atoms with E-state index in [1.165, 1.54) is 70.6 Å². The molecule has 0 aliphatic carbocycles. The molecular weight excluding hydrogens is 562 g/mol. The Bertz CT molecular complexity index is 712. The van der Waals surface area contributed by atoms with E-state index in [1.54, 1.807) is 4.90 Å². The largest absolute Gasteiger partial charge is 0.481 e. The number of nitrogens with zero attached hydrogens (tertiary/aromatic N) is 1. The van der Waals surface area contributed by atoms with E-state index in [9.17, 15) is 24.6 Å². The summed E-state index contributed by atoms with van der Waals surface area (Å²) in [6.07, 6.45) is 29.8. The SMILES string of the molecule is CCCCCCCCCCCC(=O)N([C@@H](CCC(=O)O)C(=O)O)C(CCCCCC)(CCCCCC)CCCCCCCCC. The van der Waals surface area contributed by atoms with Crippen LogP contribution in [0.5, 0.6) is 0 Å². The van der Waals surface area contributed by atoms with Gasteiger partial charge in [-0.1, -0.05) is 175 Å². The van der Waals surface area contributed by atoms with Gasteiger partial charge in [-0.05, 0) is 32.1 Å². The van der Waals surface area contributed by atoms with E-state index in [2.05, 4.69) is 27.7 Å². The van der Waals surface area contributed by atoms with Crippen molar-refractivity contribution in [3.8, 4) is 0 Å². The minimum absolute atomic E-state index is 0.0309. The molecule has 0 aromatic rings. The van der Waals surface area contributed by atoms with Gasteiger partial charge >= 0.3 is 11.9 Å². The molecule has 1 amide bonds. The van der Waals surface area contributed by atoms with Crippen molar-refractivity contribution in [1.82, 2.24) is 4.90 Å². The lowest BCUT2D eigenvalue weighted by Crippen LogP contribution is -2.59. The van der Waals surface area contributed by atoms with Crippen LogP contribution < -0.4 is 0 Å². The van der Waals surface area contributed by atoms with E-state index in [0.29, 0.717) is 6.42 Å². The van der Waals surface area contributed by atoms with Gasteiger partial charge in [-0.25, -0.2) is 4.79 Å². The summed E-state index contributed by atoms with van der Waals surface area (Å²) < 4.78 is 0. The summed E-state index contributed by atoms with van der Waals surface area (Å²) in [6, 6.07) is -1.09. The van der Waals surface area contributed by atoms with Crippen molar-refractivity contribution in [3.63, 3.8) is 0 Å². The van der Waals surface area contributed by atoms with Gasteiger partial charge in [0.15, 0.2) is 0 Å². The van der Waals surface area contributed by atoms with Crippen molar-refractivity contribution in [2.75, 3.05) is 0 Å². The highest BCUT2D eigenvalue weighted by molar-refractivity contribution is 5.85. The molecule has 0 saturated carbocycles. The highest BCUT2D eigenvalue weighted by atomic mass is 16.4. The normalized spacial score (nSPS) is 12.4. The molecule has 0 radical (unpaired) electrons. The molecule has 0 aliphatic heterocycles. The van der Waals surface area contributed by atoms with Crippen molar-refractivity contribution in [2.24, 2.45) is 0 Å². The summed E-state index contributed by atoms with van der Waals surface area (Å²) in [5.74, 6) is -2.12. The van der Waals surface area contributed by atoms with Gasteiger partial charge in [0.05, 0.1) is 0 Å². The molecule has 2 N–H and O–H groups in total. The topological polar surface area (TPSA) is 94.9 Å². The first-order chi connectivity index (χ1) is 21.8. The molecule has 0 saturated heterocycles. The number of carboxylic acids is 2. The zero-order valence-electron chi connectivity index (χ0n) is 30.4. The van der Waals surface area contributed by atoms with Gasteiger partial charge in [-0.3, -0.25) is 9.59 Å². The molecule has 6 heteroatoms. The Balaban J connectivity index is 6.11. The molecule has 0 unspecified atom stereocenters. The van der Waals surface area contributed by atoms with Crippen molar-refractivity contribution < 1.29 is 24.6 Å². The minimum Gasteiger partial charge on any atom is -0.481 e. The fourth-order valence-electron chi connectivity index (χ4n) is 7.01. The summed E-state index contributed by atoms with van der Waals surface area (Å²) in [6.45, 7) is 8.86. The standard InChI is InChI=1S/C39H75NO5/c1-5-9-13-17-19-20-21-23-25-29-36(41)40(35(38(44)45)30-31-37(42)43)39(32-26-15-11-7-3,33-27-16-12-8-4)34-28-24-22-18-14-10-6-2/h35H,5-34H2,1-4H3,(H,42,43)(H,44,45)/t35-/m0/s1. The van der Waals surface area contributed by atoms with E-state index in [-0.39, 0.29) is 18.7 Å². The summed E-state index contributed by atoms with van der Waals surface area (Å²) in [7, 11) is 0. The predicted molar refractivity (Wildman–Crippen MR) is 190 cm³/mol. The van der Waals surface area contributed by atoms with Crippen LogP contribution in [0.2, 0.25) is 0 Å². The van der Waals surface area contributed by atoms with E-state index in [4.69, 9.17) is 0 Å². The van der Waals surface area contributed by atoms with Crippen molar-refractivity contribution in [2.45, 2.75) is 232 Å². The van der Waals surface area contributed by atoms with Crippen LogP contribution in [-0.2, 0) is 14.4 Å². The van der Waals surface area contributed by atoms with E-state index < -0.39 is 23.5 Å². The molecule has 1 atom stereocenters. The van der Waals surface area contributed by atoms with Gasteiger partial charge in [0.1, 0.15) is 6.04 Å². The zero-order chi connectivity index (χ0) is 33.6. The monoisotopic (exact) mass is 638 g/mol. The second-order valence-electron chi connectivity index (χ2n) is 13.8. The molecule has 0 bridgehead atoms. The number of carbonyl (C=O) groups is 3. The minimum atomic E-state index is -1.09. The summed E-state index contributed by atoms with van der Waals surface area (Å²) >= 11 is 0. The van der Waals surface area contributed by atoms with Crippen LogP contribution in [0.4, 0.5) is 0 Å². The molecule has 0 aromatic carbocycles. The zero-order valence-corrected chi connectivity index (χ0v) is 30.4. The predicted octanol–water partition coefficient (Wildman–Crippen LogP) is 11.9. The average molecular weight is 638 g/mol. The molecule has 6 nitrogen and oxygen atoms in total. The molecule has 0 heterocycles. The number of hydrogen-bond donors (Lipinski definition) is 2. The van der Waals surface area contributed by atoms with Gasteiger partial charge in [0.2, 0.25) is 5.91 Å². The van der Waals surface area contributed by atoms with Crippen molar-refractivity contribution >= 4 is 17.8 Å². The third-order valence-electron chi connectivity index (χ3n) is 9.74. The molecule has 0 fully saturated rings. The van der Waals surface area contributed by atoms with Gasteiger partial charge < -0.3 is 15.1 Å². The van der Waals surface area contributed by atoms with Gasteiger partial charge in [0, 0.05) is 18.4 Å². The number of aliphatic carboxylic acids is 2. The Kier molecular flexibility index (Phi) is 28.7. The van der Waals surface area contributed by atoms with E-state index in [1.807, 2.05) is 0 Å². The molecule has 45 heavy (non-hydrogen) atoms. The van der Waals surface area contributed by atoms with Crippen molar-refractivity contribution in [3.05, 3.63) is 0 Å². The molecule has 0 aromatic heterocycles. The van der Waals surface area contributed by atoms with Crippen LogP contribution in [0.15, 0.2) is 0 Å². The van der Waals surface area contributed by atoms with Crippen LogP contribution in [0, 0.1) is 0 Å². The number of amides is 1. The number of carbonyl (C=O) groups excluding carboxylic acids is 1. The molecular formula is C39H75NO5. The van der Waals surface area contributed by atoms with E-state index >= 15 is 0 Å². The van der Waals surface area contributed by atoms with Crippen LogP contribution in [0.3, 0.4) is 0 Å². The summed E-state index contributed by atoms with van der Waals surface area (Å²) in [4.78, 5) is 40.6. The smallest absolute Gasteiger partial charge is 0.326 e.